The fourth-order valence-corrected chi connectivity index (χ4v) is 6.51. The number of ether oxygens (including phenoxy) is 2. The standard InChI is InChI=1S/C25H27N3O5S/c1-24(16-32-17-24)34(30,31)20-5-3-19(4-6-20)33-13-12-28-10-8-25(9-11-28)21-14-18(15-26)2-7-22(21)27-23(25)29/h2-7,14H,8-13,16-17H2,1H3,(H,27,29). The van der Waals surface area contributed by atoms with Gasteiger partial charge in [-0.05, 0) is 80.9 Å². The molecule has 8 nitrogen and oxygen atoms in total. The fraction of sp³-hybridized carbons (Fsp3) is 0.440. The molecule has 9 heteroatoms. The van der Waals surface area contributed by atoms with Crippen molar-refractivity contribution in [3.8, 4) is 11.8 Å². The molecule has 178 valence electrons. The molecule has 0 aliphatic carbocycles. The number of fused-ring (bicyclic) bond motifs is 2. The molecule has 0 saturated carbocycles. The van der Waals surface area contributed by atoms with E-state index in [-0.39, 0.29) is 24.0 Å². The number of carbonyl (C=O) groups is 1. The van der Waals surface area contributed by atoms with E-state index in [9.17, 15) is 18.5 Å². The van der Waals surface area contributed by atoms with E-state index >= 15 is 0 Å². The number of nitriles is 1. The molecule has 3 heterocycles. The molecule has 2 saturated heterocycles. The Hall–Kier alpha value is -2.93. The number of amides is 1. The van der Waals surface area contributed by atoms with E-state index in [1.807, 2.05) is 12.1 Å². The molecule has 2 fully saturated rings. The summed E-state index contributed by atoms with van der Waals surface area (Å²) in [7, 11) is -3.44. The highest BCUT2D eigenvalue weighted by atomic mass is 32.2. The first-order valence-corrected chi connectivity index (χ1v) is 12.9. The molecule has 0 aromatic heterocycles. The lowest BCUT2D eigenvalue weighted by Crippen LogP contribution is -2.53. The number of nitrogens with one attached hydrogen (secondary N) is 1. The van der Waals surface area contributed by atoms with Gasteiger partial charge in [-0.25, -0.2) is 8.42 Å². The average Bonchev–Trinajstić information content (AvgIpc) is 3.09. The Morgan fingerprint density at radius 2 is 1.85 bits per heavy atom. The van der Waals surface area contributed by atoms with Gasteiger partial charge in [0.15, 0.2) is 9.84 Å². The van der Waals surface area contributed by atoms with Crippen LogP contribution in [0.3, 0.4) is 0 Å². The lowest BCUT2D eigenvalue weighted by Gasteiger charge is -2.38. The number of rotatable bonds is 6. The van der Waals surface area contributed by atoms with E-state index in [0.29, 0.717) is 37.3 Å². The molecule has 0 unspecified atom stereocenters. The van der Waals surface area contributed by atoms with E-state index in [0.717, 1.165) is 24.3 Å². The number of nitrogens with zero attached hydrogens (tertiary/aromatic N) is 2. The highest BCUT2D eigenvalue weighted by Gasteiger charge is 2.49. The monoisotopic (exact) mass is 481 g/mol. The molecule has 1 N–H and O–H groups in total. The number of anilines is 1. The van der Waals surface area contributed by atoms with Crippen molar-refractivity contribution in [1.29, 1.82) is 5.26 Å². The van der Waals surface area contributed by atoms with Crippen LogP contribution in [0.5, 0.6) is 5.75 Å². The maximum atomic E-state index is 12.8. The van der Waals surface area contributed by atoms with Crippen molar-refractivity contribution in [3.63, 3.8) is 0 Å². The summed E-state index contributed by atoms with van der Waals surface area (Å²) in [6.45, 7) is 4.82. The van der Waals surface area contributed by atoms with Crippen molar-refractivity contribution in [3.05, 3.63) is 53.6 Å². The third-order valence-electron chi connectivity index (χ3n) is 7.33. The van der Waals surface area contributed by atoms with E-state index in [4.69, 9.17) is 9.47 Å². The zero-order valence-corrected chi connectivity index (χ0v) is 19.9. The Kier molecular flexibility index (Phi) is 5.63. The summed E-state index contributed by atoms with van der Waals surface area (Å²) in [5.74, 6) is 0.640. The van der Waals surface area contributed by atoms with Crippen LogP contribution in [0.15, 0.2) is 47.4 Å². The Labute approximate surface area is 199 Å². The predicted octanol–water partition coefficient (Wildman–Crippen LogP) is 2.49. The summed E-state index contributed by atoms with van der Waals surface area (Å²) in [5, 5.41) is 12.2. The second-order valence-electron chi connectivity index (χ2n) is 9.52. The van der Waals surface area contributed by atoms with E-state index in [2.05, 4.69) is 16.3 Å². The van der Waals surface area contributed by atoms with Gasteiger partial charge in [0.05, 0.1) is 35.2 Å². The number of carbonyl (C=O) groups excluding carboxylic acids is 1. The van der Waals surface area contributed by atoms with Gasteiger partial charge in [0.2, 0.25) is 5.91 Å². The van der Waals surface area contributed by atoms with Crippen LogP contribution in [0.4, 0.5) is 5.69 Å². The van der Waals surface area contributed by atoms with Gasteiger partial charge in [0.1, 0.15) is 17.1 Å². The van der Waals surface area contributed by atoms with Crippen LogP contribution in [0, 0.1) is 11.3 Å². The summed E-state index contributed by atoms with van der Waals surface area (Å²) in [4.78, 5) is 15.4. The van der Waals surface area contributed by atoms with Crippen LogP contribution in [0.1, 0.15) is 30.9 Å². The van der Waals surface area contributed by atoms with E-state index < -0.39 is 20.0 Å². The number of hydrogen-bond acceptors (Lipinski definition) is 7. The summed E-state index contributed by atoms with van der Waals surface area (Å²) >= 11 is 0. The summed E-state index contributed by atoms with van der Waals surface area (Å²) in [6.07, 6.45) is 1.38. The highest BCUT2D eigenvalue weighted by molar-refractivity contribution is 7.93. The number of piperidine rings is 1. The van der Waals surface area contributed by atoms with Gasteiger partial charge >= 0.3 is 0 Å². The second-order valence-corrected chi connectivity index (χ2v) is 12.0. The van der Waals surface area contributed by atoms with Gasteiger partial charge in [0, 0.05) is 12.2 Å². The van der Waals surface area contributed by atoms with E-state index in [1.54, 1.807) is 37.3 Å². The zero-order valence-electron chi connectivity index (χ0n) is 19.0. The SMILES string of the molecule is CC1(S(=O)(=O)c2ccc(OCCN3CCC4(CC3)C(=O)Nc3ccc(C#N)cc34)cc2)COC1. The van der Waals surface area contributed by atoms with Crippen molar-refractivity contribution >= 4 is 21.4 Å². The lowest BCUT2D eigenvalue weighted by atomic mass is 9.73. The maximum absolute atomic E-state index is 12.8. The third-order valence-corrected chi connectivity index (χ3v) is 9.76. The molecule has 2 aromatic carbocycles. The van der Waals surface area contributed by atoms with Gasteiger partial charge < -0.3 is 14.8 Å². The van der Waals surface area contributed by atoms with Gasteiger partial charge in [-0.2, -0.15) is 5.26 Å². The van der Waals surface area contributed by atoms with Gasteiger partial charge in [-0.1, -0.05) is 0 Å². The highest BCUT2D eigenvalue weighted by Crippen LogP contribution is 2.45. The van der Waals surface area contributed by atoms with Gasteiger partial charge in [-0.3, -0.25) is 9.69 Å². The lowest BCUT2D eigenvalue weighted by molar-refractivity contribution is -0.122. The fourth-order valence-electron chi connectivity index (χ4n) is 4.97. The quantitative estimate of drug-likeness (QED) is 0.675. The Morgan fingerprint density at radius 3 is 2.47 bits per heavy atom. The summed E-state index contributed by atoms with van der Waals surface area (Å²) in [6, 6.07) is 14.1. The largest absolute Gasteiger partial charge is 0.492 e. The molecule has 34 heavy (non-hydrogen) atoms. The van der Waals surface area contributed by atoms with Crippen molar-refractivity contribution < 1.29 is 22.7 Å². The number of hydrogen-bond donors (Lipinski definition) is 1. The molecule has 1 spiro atoms. The molecule has 0 bridgehead atoms. The third kappa shape index (κ3) is 3.66. The van der Waals surface area contributed by atoms with Crippen molar-refractivity contribution in [2.45, 2.75) is 34.8 Å². The first-order chi connectivity index (χ1) is 16.3. The molecule has 2 aromatic rings. The van der Waals surface area contributed by atoms with Gasteiger partial charge in [0.25, 0.3) is 0 Å². The van der Waals surface area contributed by atoms with Crippen molar-refractivity contribution in [1.82, 2.24) is 4.90 Å². The van der Waals surface area contributed by atoms with E-state index in [1.165, 1.54) is 0 Å². The smallest absolute Gasteiger partial charge is 0.235 e. The van der Waals surface area contributed by atoms with Crippen LogP contribution in [0.25, 0.3) is 0 Å². The number of benzene rings is 2. The van der Waals surface area contributed by atoms with Crippen LogP contribution < -0.4 is 10.1 Å². The molecular weight excluding hydrogens is 454 g/mol. The minimum absolute atomic E-state index is 0.0193. The van der Waals surface area contributed by atoms with Crippen LogP contribution >= 0.6 is 0 Å². The summed E-state index contributed by atoms with van der Waals surface area (Å²) in [5.41, 5.74) is 1.75. The van der Waals surface area contributed by atoms with Gasteiger partial charge in [-0.15, -0.1) is 0 Å². The maximum Gasteiger partial charge on any atom is 0.235 e. The first kappa shape index (κ1) is 22.8. The first-order valence-electron chi connectivity index (χ1n) is 11.4. The van der Waals surface area contributed by atoms with Crippen LogP contribution in [-0.2, 0) is 24.8 Å². The molecule has 5 rings (SSSR count). The Morgan fingerprint density at radius 1 is 1.15 bits per heavy atom. The molecule has 3 aliphatic heterocycles. The molecule has 3 aliphatic rings. The van der Waals surface area contributed by atoms with Crippen molar-refractivity contribution in [2.24, 2.45) is 0 Å². The molecular formula is C25H27N3O5S. The zero-order chi connectivity index (χ0) is 24.0. The van der Waals surface area contributed by atoms with Crippen LogP contribution in [0.2, 0.25) is 0 Å². The average molecular weight is 482 g/mol. The topological polar surface area (TPSA) is 109 Å². The molecule has 0 atom stereocenters. The molecule has 1 amide bonds. The minimum Gasteiger partial charge on any atom is -0.492 e. The van der Waals surface area contributed by atoms with Crippen LogP contribution in [-0.4, -0.2) is 63.4 Å². The predicted molar refractivity (Wildman–Crippen MR) is 125 cm³/mol. The second kappa shape index (κ2) is 8.38. The Balaban J connectivity index is 1.15. The molecule has 0 radical (unpaired) electrons. The normalized spacial score (nSPS) is 20.8. The number of likely N-dealkylation sites (tertiary alicyclic amines) is 1. The Bertz CT molecular complexity index is 1250. The number of sulfone groups is 1. The van der Waals surface area contributed by atoms with Crippen molar-refractivity contribution in [2.75, 3.05) is 44.8 Å². The summed E-state index contributed by atoms with van der Waals surface area (Å²) < 4.78 is 35.6. The minimum atomic E-state index is -3.44.